The molecule has 496 valence electrons. The molecule has 16 aromatic carbocycles. The molecule has 0 aliphatic rings. The fourth-order valence-electron chi connectivity index (χ4n) is 18.8. The van der Waals surface area contributed by atoms with Gasteiger partial charge in [0, 0.05) is 107 Å². The molecule has 0 spiro atoms. The van der Waals surface area contributed by atoms with Crippen LogP contribution in [0.15, 0.2) is 315 Å². The Bertz CT molecular complexity index is 8500. The molecule has 8 nitrogen and oxygen atoms in total. The van der Waals surface area contributed by atoms with Gasteiger partial charge in [-0.1, -0.05) is 212 Å². The first kappa shape index (κ1) is 57.5. The molecule has 0 N–H and O–H groups in total. The van der Waals surface area contributed by atoms with Crippen molar-refractivity contribution in [2.24, 2.45) is 0 Å². The Morgan fingerprint density at radius 3 is 1.38 bits per heavy atom. The molecule has 0 aliphatic heterocycles. The van der Waals surface area contributed by atoms with E-state index in [1.165, 1.54) is 135 Å². The average molecular weight is 1410 g/mol. The highest BCUT2D eigenvalue weighted by Crippen LogP contribution is 2.52. The molecule has 10 heteroatoms. The molecule has 10 heterocycles. The topological polar surface area (TPSA) is 70.2 Å². The Hall–Kier alpha value is -13.9. The van der Waals surface area contributed by atoms with Gasteiger partial charge in [0.1, 0.15) is 0 Å². The van der Waals surface area contributed by atoms with E-state index in [0.717, 1.165) is 103 Å². The number of nitrogens with zero attached hydrogens (tertiary/aromatic N) is 8. The summed E-state index contributed by atoms with van der Waals surface area (Å²) in [6.07, 6.45) is 0. The maximum atomic E-state index is 5.75. The van der Waals surface area contributed by atoms with Crippen LogP contribution in [0.25, 0.3) is 249 Å². The van der Waals surface area contributed by atoms with Gasteiger partial charge in [-0.15, -0.1) is 22.7 Å². The van der Waals surface area contributed by atoms with Crippen LogP contribution < -0.4 is 0 Å². The van der Waals surface area contributed by atoms with Crippen molar-refractivity contribution in [2.75, 3.05) is 0 Å². The zero-order chi connectivity index (χ0) is 69.9. The van der Waals surface area contributed by atoms with Gasteiger partial charge >= 0.3 is 0 Å². The van der Waals surface area contributed by atoms with Crippen molar-refractivity contribution in [3.8, 4) is 56.7 Å². The van der Waals surface area contributed by atoms with Crippen LogP contribution >= 0.6 is 22.7 Å². The molecule has 0 fully saturated rings. The van der Waals surface area contributed by atoms with Crippen LogP contribution in [0.2, 0.25) is 0 Å². The molecule has 0 saturated carbocycles. The lowest BCUT2D eigenvalue weighted by molar-refractivity contribution is 1.08. The zero-order valence-electron chi connectivity index (χ0n) is 57.4. The van der Waals surface area contributed by atoms with E-state index >= 15 is 0 Å². The summed E-state index contributed by atoms with van der Waals surface area (Å²) in [4.78, 5) is 22.4. The fraction of sp³-hybridized carbons (Fsp3) is 0. The number of fused-ring (bicyclic) bond motifs is 29. The van der Waals surface area contributed by atoms with Crippen LogP contribution in [0, 0.1) is 0 Å². The van der Waals surface area contributed by atoms with E-state index in [1.807, 2.05) is 0 Å². The molecule has 0 amide bonds. The van der Waals surface area contributed by atoms with Crippen LogP contribution in [0.4, 0.5) is 0 Å². The van der Waals surface area contributed by atoms with Gasteiger partial charge in [-0.05, 0) is 147 Å². The molecule has 108 heavy (non-hydrogen) atoms. The van der Waals surface area contributed by atoms with Crippen LogP contribution in [0.3, 0.4) is 0 Å². The number of thiophene rings is 2. The first-order valence-corrected chi connectivity index (χ1v) is 38.4. The normalized spacial score (nSPS) is 12.6. The predicted octanol–water partition coefficient (Wildman–Crippen LogP) is 26.6. The lowest BCUT2D eigenvalue weighted by atomic mass is 9.98. The number of aromatic nitrogens is 8. The summed E-state index contributed by atoms with van der Waals surface area (Å²) in [6.45, 7) is 0. The summed E-state index contributed by atoms with van der Waals surface area (Å²) in [5, 5.41) is 24.3. The number of benzene rings is 16. The molecule has 26 rings (SSSR count). The lowest BCUT2D eigenvalue weighted by Crippen LogP contribution is -2.01. The smallest absolute Gasteiger partial charge is 0.162 e. The molecular weight excluding hydrogens is 1350 g/mol. The number of hydrogen-bond acceptors (Lipinski definition) is 6. The molecule has 0 unspecified atom stereocenters. The Morgan fingerprint density at radius 2 is 0.704 bits per heavy atom. The van der Waals surface area contributed by atoms with Crippen LogP contribution in [-0.4, -0.2) is 37.9 Å². The van der Waals surface area contributed by atoms with Crippen LogP contribution in [0.1, 0.15) is 0 Å². The predicted molar refractivity (Wildman–Crippen MR) is 456 cm³/mol. The SMILES string of the molecule is c1ccc(-c2nc(-c3ccc(-n4c5ccccc5c5c6c7ccccc7n7c8cc9ccccc9cc8c(cc54)c67)cc3)c3sc4ccc(-c5ccc6c(c5)c5c7c8ccccc8n(-c8nc(-c9ccc%10ccccc%10c9)nc9c8sc8ccccc89)c7cc7c8cc9ccccc9cc8n6c75)cc4c3n2)cc1. The summed E-state index contributed by atoms with van der Waals surface area (Å²) in [5.41, 5.74) is 21.0. The zero-order valence-corrected chi connectivity index (χ0v) is 59.0. The van der Waals surface area contributed by atoms with Gasteiger partial charge < -0.3 is 13.4 Å². The fourth-order valence-corrected chi connectivity index (χ4v) is 21.1. The van der Waals surface area contributed by atoms with Gasteiger partial charge in [0.25, 0.3) is 0 Å². The molecule has 0 aliphatic carbocycles. The van der Waals surface area contributed by atoms with Gasteiger partial charge in [0.15, 0.2) is 17.5 Å². The van der Waals surface area contributed by atoms with E-state index in [0.29, 0.717) is 11.6 Å². The average Bonchev–Trinajstić information content (AvgIpc) is 1.52. The third-order valence-electron chi connectivity index (χ3n) is 23.5. The number of para-hydroxylation sites is 3. The number of rotatable bonds is 6. The molecular formula is C98H52N8S2. The standard InChI is InChI=1S/C98H52N8S2/c1-2-19-55(20-3-1)96-99-89(54-36-40-64(41-37-54)103-75-30-14-10-26-65(75)85-81(103)51-71-69-45-57-22-6-8-24-59(57)49-79(69)104-76-31-15-12-28-67(76)87(85)92(71)104)94-91(101-96)74-48-62(39-43-84(74)107-94)61-38-42-78-73(47-61)88-86-66-27-11-16-32-77(66)106(82(86)52-72-70-46-58-23-7-9-25-60(58)50-80(70)105(78)93(72)88)98-95-90(68-29-13-17-33-83(68)108-95)100-97(102-98)63-35-34-53-18-4-5-21-56(53)44-63/h1-52H. The first-order chi connectivity index (χ1) is 53.5. The molecule has 0 saturated heterocycles. The first-order valence-electron chi connectivity index (χ1n) is 36.7. The quantitative estimate of drug-likeness (QED) is 0.166. The van der Waals surface area contributed by atoms with Crippen molar-refractivity contribution in [3.63, 3.8) is 0 Å². The minimum Gasteiger partial charge on any atom is -0.309 e. The lowest BCUT2D eigenvalue weighted by Gasteiger charge is -2.11. The molecule has 26 aromatic rings. The molecule has 0 atom stereocenters. The Balaban J connectivity index is 0.672. The van der Waals surface area contributed by atoms with E-state index in [4.69, 9.17) is 19.9 Å². The van der Waals surface area contributed by atoms with E-state index in [1.54, 1.807) is 22.7 Å². The van der Waals surface area contributed by atoms with Gasteiger partial charge in [-0.25, -0.2) is 19.9 Å². The van der Waals surface area contributed by atoms with Crippen molar-refractivity contribution in [1.82, 2.24) is 37.9 Å². The Labute approximate surface area is 621 Å². The van der Waals surface area contributed by atoms with Crippen LogP contribution in [-0.2, 0) is 0 Å². The highest BCUT2D eigenvalue weighted by molar-refractivity contribution is 7.26. The minimum atomic E-state index is 0.694. The van der Waals surface area contributed by atoms with E-state index in [9.17, 15) is 0 Å². The van der Waals surface area contributed by atoms with Gasteiger partial charge in [-0.3, -0.25) is 4.57 Å². The second kappa shape index (κ2) is 21.0. The second-order valence-electron chi connectivity index (χ2n) is 29.1. The minimum absolute atomic E-state index is 0.694. The summed E-state index contributed by atoms with van der Waals surface area (Å²) in [5.74, 6) is 2.27. The van der Waals surface area contributed by atoms with E-state index in [-0.39, 0.29) is 0 Å². The summed E-state index contributed by atoms with van der Waals surface area (Å²) in [6, 6.07) is 117. The van der Waals surface area contributed by atoms with Crippen molar-refractivity contribution in [3.05, 3.63) is 315 Å². The largest absolute Gasteiger partial charge is 0.309 e. The van der Waals surface area contributed by atoms with E-state index in [2.05, 4.69) is 333 Å². The molecule has 0 bridgehead atoms. The van der Waals surface area contributed by atoms with E-state index < -0.39 is 0 Å². The van der Waals surface area contributed by atoms with Crippen molar-refractivity contribution in [2.45, 2.75) is 0 Å². The second-order valence-corrected chi connectivity index (χ2v) is 31.3. The summed E-state index contributed by atoms with van der Waals surface area (Å²) < 4.78 is 14.4. The van der Waals surface area contributed by atoms with Gasteiger partial charge in [-0.2, -0.15) is 0 Å². The maximum Gasteiger partial charge on any atom is 0.162 e. The third kappa shape index (κ3) is 7.65. The maximum absolute atomic E-state index is 5.75. The van der Waals surface area contributed by atoms with Gasteiger partial charge in [0.2, 0.25) is 0 Å². The van der Waals surface area contributed by atoms with Crippen molar-refractivity contribution < 1.29 is 0 Å². The summed E-state index contributed by atoms with van der Waals surface area (Å²) in [7, 11) is 0. The van der Waals surface area contributed by atoms with Gasteiger partial charge in [0.05, 0.1) is 81.3 Å². The van der Waals surface area contributed by atoms with Crippen molar-refractivity contribution in [1.29, 1.82) is 0 Å². The number of hydrogen-bond donors (Lipinski definition) is 0. The molecule has 10 aromatic heterocycles. The Kier molecular flexibility index (Phi) is 11.2. The highest BCUT2D eigenvalue weighted by atomic mass is 32.1. The highest BCUT2D eigenvalue weighted by Gasteiger charge is 2.30. The van der Waals surface area contributed by atoms with Crippen LogP contribution in [0.5, 0.6) is 0 Å². The third-order valence-corrected chi connectivity index (χ3v) is 25.8. The van der Waals surface area contributed by atoms with Crippen molar-refractivity contribution >= 4 is 215 Å². The summed E-state index contributed by atoms with van der Waals surface area (Å²) >= 11 is 3.54. The monoisotopic (exact) mass is 1400 g/mol. The molecule has 0 radical (unpaired) electrons. The Morgan fingerprint density at radius 1 is 0.231 bits per heavy atom.